The first kappa shape index (κ1) is 10.8. The third kappa shape index (κ3) is 3.21. The Kier molecular flexibility index (Phi) is 4.18. The van der Waals surface area contributed by atoms with E-state index in [4.69, 9.17) is 12.2 Å². The molecule has 1 aromatic rings. The molecule has 0 aromatic heterocycles. The molecule has 14 heavy (non-hydrogen) atoms. The van der Waals surface area contributed by atoms with Crippen molar-refractivity contribution in [2.45, 2.75) is 13.1 Å². The molecule has 0 bridgehead atoms. The van der Waals surface area contributed by atoms with E-state index < -0.39 is 0 Å². The minimum absolute atomic E-state index is 0.590. The fourth-order valence-electron chi connectivity index (χ4n) is 1.38. The van der Waals surface area contributed by atoms with Gasteiger partial charge in [-0.25, -0.2) is 0 Å². The molecule has 0 atom stereocenters. The van der Waals surface area contributed by atoms with Crippen molar-refractivity contribution in [2.75, 3.05) is 13.6 Å². The lowest BCUT2D eigenvalue weighted by molar-refractivity contribution is 0.369. The van der Waals surface area contributed by atoms with Crippen LogP contribution in [0.1, 0.15) is 11.1 Å². The second kappa shape index (κ2) is 5.43. The van der Waals surface area contributed by atoms with Gasteiger partial charge < -0.3 is 5.73 Å². The van der Waals surface area contributed by atoms with Gasteiger partial charge in [-0.15, -0.1) is 6.42 Å². The van der Waals surface area contributed by atoms with Gasteiger partial charge in [-0.05, 0) is 18.2 Å². The number of nitrogens with zero attached hydrogens (tertiary/aromatic N) is 1. The molecule has 2 nitrogen and oxygen atoms in total. The van der Waals surface area contributed by atoms with E-state index in [1.807, 2.05) is 19.2 Å². The Bertz CT molecular complexity index is 325. The Morgan fingerprint density at radius 2 is 2.14 bits per heavy atom. The van der Waals surface area contributed by atoms with Crippen molar-refractivity contribution in [1.82, 2.24) is 4.90 Å². The van der Waals surface area contributed by atoms with Crippen molar-refractivity contribution in [3.05, 3.63) is 35.4 Å². The van der Waals surface area contributed by atoms with Crippen molar-refractivity contribution < 1.29 is 0 Å². The summed E-state index contributed by atoms with van der Waals surface area (Å²) in [5.41, 5.74) is 7.98. The predicted molar refractivity (Wildman–Crippen MR) is 59.5 cm³/mol. The molecule has 0 amide bonds. The van der Waals surface area contributed by atoms with Gasteiger partial charge in [-0.1, -0.05) is 30.2 Å². The van der Waals surface area contributed by atoms with Gasteiger partial charge in [0.2, 0.25) is 0 Å². The molecule has 74 valence electrons. The summed E-state index contributed by atoms with van der Waals surface area (Å²) < 4.78 is 0. The van der Waals surface area contributed by atoms with Crippen LogP contribution in [0.2, 0.25) is 0 Å². The van der Waals surface area contributed by atoms with Crippen LogP contribution in [0.3, 0.4) is 0 Å². The summed E-state index contributed by atoms with van der Waals surface area (Å²) >= 11 is 0. The van der Waals surface area contributed by atoms with Crippen molar-refractivity contribution in [2.24, 2.45) is 5.73 Å². The molecule has 2 heteroatoms. The van der Waals surface area contributed by atoms with Crippen molar-refractivity contribution in [3.63, 3.8) is 0 Å². The summed E-state index contributed by atoms with van der Waals surface area (Å²) in [5.74, 6) is 2.62. The summed E-state index contributed by atoms with van der Waals surface area (Å²) in [7, 11) is 2.01. The fraction of sp³-hybridized carbons (Fsp3) is 0.333. The van der Waals surface area contributed by atoms with Gasteiger partial charge in [0.1, 0.15) is 0 Å². The number of hydrogen-bond acceptors (Lipinski definition) is 2. The lowest BCUT2D eigenvalue weighted by atomic mass is 10.1. The maximum atomic E-state index is 5.56. The first-order valence-corrected chi connectivity index (χ1v) is 4.66. The monoisotopic (exact) mass is 188 g/mol. The molecular weight excluding hydrogens is 172 g/mol. The Morgan fingerprint density at radius 1 is 1.43 bits per heavy atom. The summed E-state index contributed by atoms with van der Waals surface area (Å²) in [6.45, 7) is 2.14. The fourth-order valence-corrected chi connectivity index (χ4v) is 1.38. The average Bonchev–Trinajstić information content (AvgIpc) is 2.18. The van der Waals surface area contributed by atoms with Crippen LogP contribution in [0.5, 0.6) is 0 Å². The molecule has 0 fully saturated rings. The molecule has 2 N–H and O–H groups in total. The summed E-state index contributed by atoms with van der Waals surface area (Å²) in [6, 6.07) is 8.27. The molecule has 0 radical (unpaired) electrons. The summed E-state index contributed by atoms with van der Waals surface area (Å²) in [6.07, 6.45) is 5.23. The van der Waals surface area contributed by atoms with E-state index >= 15 is 0 Å². The summed E-state index contributed by atoms with van der Waals surface area (Å²) in [5, 5.41) is 0. The van der Waals surface area contributed by atoms with E-state index in [0.717, 1.165) is 12.1 Å². The zero-order valence-corrected chi connectivity index (χ0v) is 8.53. The quantitative estimate of drug-likeness (QED) is 0.720. The normalized spacial score (nSPS) is 10.1. The first-order valence-electron chi connectivity index (χ1n) is 4.66. The van der Waals surface area contributed by atoms with E-state index in [-0.39, 0.29) is 0 Å². The van der Waals surface area contributed by atoms with Gasteiger partial charge in [0.05, 0.1) is 6.54 Å². The van der Waals surface area contributed by atoms with Gasteiger partial charge in [0.15, 0.2) is 0 Å². The maximum absolute atomic E-state index is 5.56. The van der Waals surface area contributed by atoms with E-state index in [0.29, 0.717) is 13.1 Å². The molecular formula is C12H16N2. The average molecular weight is 188 g/mol. The van der Waals surface area contributed by atoms with Crippen LogP contribution in [0, 0.1) is 12.3 Å². The van der Waals surface area contributed by atoms with Crippen molar-refractivity contribution in [3.8, 4) is 12.3 Å². The van der Waals surface area contributed by atoms with Crippen LogP contribution in [0.15, 0.2) is 24.3 Å². The first-order chi connectivity index (χ1) is 6.76. The van der Waals surface area contributed by atoms with Crippen LogP contribution >= 0.6 is 0 Å². The number of nitrogens with two attached hydrogens (primary N) is 1. The van der Waals surface area contributed by atoms with E-state index in [2.05, 4.69) is 23.0 Å². The highest BCUT2D eigenvalue weighted by atomic mass is 15.1. The predicted octanol–water partition coefficient (Wildman–Crippen LogP) is 1.21. The van der Waals surface area contributed by atoms with Crippen LogP contribution < -0.4 is 5.73 Å². The van der Waals surface area contributed by atoms with Gasteiger partial charge >= 0.3 is 0 Å². The number of benzene rings is 1. The Balaban J connectivity index is 2.63. The van der Waals surface area contributed by atoms with Crippen molar-refractivity contribution >= 4 is 0 Å². The Hall–Kier alpha value is -1.30. The maximum Gasteiger partial charge on any atom is 0.0599 e. The standard InChI is InChI=1S/C12H16N2/c1-3-7-14(2)10-12-6-4-5-11(8-12)9-13/h1,4-6,8H,7,9-10,13H2,2H3. The molecule has 0 aliphatic heterocycles. The molecule has 0 spiro atoms. The molecule has 1 rings (SSSR count). The second-order valence-electron chi connectivity index (χ2n) is 3.40. The highest BCUT2D eigenvalue weighted by Crippen LogP contribution is 2.06. The van der Waals surface area contributed by atoms with Gasteiger partial charge in [-0.2, -0.15) is 0 Å². The van der Waals surface area contributed by atoms with E-state index in [9.17, 15) is 0 Å². The zero-order valence-electron chi connectivity index (χ0n) is 8.53. The highest BCUT2D eigenvalue weighted by Gasteiger charge is 1.98. The molecule has 0 unspecified atom stereocenters. The summed E-state index contributed by atoms with van der Waals surface area (Å²) in [4.78, 5) is 2.09. The Morgan fingerprint density at radius 3 is 2.79 bits per heavy atom. The topological polar surface area (TPSA) is 29.3 Å². The van der Waals surface area contributed by atoms with Gasteiger partial charge in [0, 0.05) is 13.1 Å². The smallest absolute Gasteiger partial charge is 0.0599 e. The lowest BCUT2D eigenvalue weighted by Gasteiger charge is -2.13. The zero-order chi connectivity index (χ0) is 10.4. The second-order valence-corrected chi connectivity index (χ2v) is 3.40. The molecule has 0 saturated carbocycles. The van der Waals surface area contributed by atoms with E-state index in [1.54, 1.807) is 0 Å². The molecule has 0 aliphatic carbocycles. The molecule has 0 saturated heterocycles. The van der Waals surface area contributed by atoms with E-state index in [1.165, 1.54) is 5.56 Å². The highest BCUT2D eigenvalue weighted by molar-refractivity contribution is 5.23. The molecule has 0 aliphatic rings. The minimum Gasteiger partial charge on any atom is -0.326 e. The Labute approximate surface area is 85.7 Å². The largest absolute Gasteiger partial charge is 0.326 e. The number of rotatable bonds is 4. The van der Waals surface area contributed by atoms with Gasteiger partial charge in [-0.3, -0.25) is 4.90 Å². The lowest BCUT2D eigenvalue weighted by Crippen LogP contribution is -2.17. The van der Waals surface area contributed by atoms with Crippen LogP contribution in [-0.4, -0.2) is 18.5 Å². The molecule has 0 heterocycles. The van der Waals surface area contributed by atoms with Gasteiger partial charge in [0.25, 0.3) is 0 Å². The van der Waals surface area contributed by atoms with Crippen LogP contribution in [0.25, 0.3) is 0 Å². The third-order valence-electron chi connectivity index (χ3n) is 2.04. The van der Waals surface area contributed by atoms with Crippen LogP contribution in [-0.2, 0) is 13.1 Å². The number of terminal acetylenes is 1. The number of hydrogen-bond donors (Lipinski definition) is 1. The third-order valence-corrected chi connectivity index (χ3v) is 2.04. The van der Waals surface area contributed by atoms with Crippen molar-refractivity contribution in [1.29, 1.82) is 0 Å². The SMILES string of the molecule is C#CCN(C)Cc1cccc(CN)c1. The molecule has 1 aromatic carbocycles. The minimum atomic E-state index is 0.590. The van der Waals surface area contributed by atoms with Crippen LogP contribution in [0.4, 0.5) is 0 Å².